The summed E-state index contributed by atoms with van der Waals surface area (Å²) in [5.41, 5.74) is 3.76. The van der Waals surface area contributed by atoms with Crippen molar-refractivity contribution in [3.05, 3.63) is 66.5 Å². The first-order valence-electron chi connectivity index (χ1n) is 6.78. The zero-order chi connectivity index (χ0) is 15.4. The SMILES string of the molecule is COc1nc(-c2ccccc2)cc(-c2cccnc2)c1C#N. The van der Waals surface area contributed by atoms with E-state index in [1.54, 1.807) is 12.4 Å². The summed E-state index contributed by atoms with van der Waals surface area (Å²) < 4.78 is 5.31. The number of hydrogen-bond acceptors (Lipinski definition) is 4. The van der Waals surface area contributed by atoms with Gasteiger partial charge in [-0.2, -0.15) is 5.26 Å². The third kappa shape index (κ3) is 2.52. The highest BCUT2D eigenvalue weighted by Gasteiger charge is 2.15. The smallest absolute Gasteiger partial charge is 0.232 e. The zero-order valence-electron chi connectivity index (χ0n) is 12.0. The molecule has 0 aliphatic heterocycles. The summed E-state index contributed by atoms with van der Waals surface area (Å²) in [7, 11) is 1.52. The molecule has 106 valence electrons. The molecule has 2 aromatic heterocycles. The van der Waals surface area contributed by atoms with E-state index in [9.17, 15) is 5.26 Å². The first-order valence-corrected chi connectivity index (χ1v) is 6.78. The molecule has 0 unspecified atom stereocenters. The molecule has 3 rings (SSSR count). The number of nitriles is 1. The average Bonchev–Trinajstić information content (AvgIpc) is 2.62. The van der Waals surface area contributed by atoms with Gasteiger partial charge in [0, 0.05) is 29.1 Å². The van der Waals surface area contributed by atoms with Crippen molar-refractivity contribution in [2.75, 3.05) is 7.11 Å². The van der Waals surface area contributed by atoms with Crippen molar-refractivity contribution in [2.45, 2.75) is 0 Å². The fourth-order valence-electron chi connectivity index (χ4n) is 2.28. The summed E-state index contributed by atoms with van der Waals surface area (Å²) >= 11 is 0. The van der Waals surface area contributed by atoms with Gasteiger partial charge in [0.25, 0.3) is 0 Å². The zero-order valence-corrected chi connectivity index (χ0v) is 12.0. The van der Waals surface area contributed by atoms with Gasteiger partial charge >= 0.3 is 0 Å². The number of ether oxygens (including phenoxy) is 1. The van der Waals surface area contributed by atoms with Crippen molar-refractivity contribution in [2.24, 2.45) is 0 Å². The van der Waals surface area contributed by atoms with Gasteiger partial charge in [0.2, 0.25) is 5.88 Å². The summed E-state index contributed by atoms with van der Waals surface area (Å²) in [6.07, 6.45) is 3.43. The molecule has 0 fully saturated rings. The maximum atomic E-state index is 9.46. The van der Waals surface area contributed by atoms with Crippen molar-refractivity contribution in [3.8, 4) is 34.3 Å². The van der Waals surface area contributed by atoms with E-state index in [1.165, 1.54) is 7.11 Å². The molecule has 2 heterocycles. The molecule has 0 saturated carbocycles. The van der Waals surface area contributed by atoms with Crippen LogP contribution in [0, 0.1) is 11.3 Å². The summed E-state index contributed by atoms with van der Waals surface area (Å²) in [6, 6.07) is 17.6. The van der Waals surface area contributed by atoms with Gasteiger partial charge in [-0.3, -0.25) is 4.98 Å². The van der Waals surface area contributed by atoms with Crippen molar-refractivity contribution < 1.29 is 4.74 Å². The van der Waals surface area contributed by atoms with E-state index in [-0.39, 0.29) is 0 Å². The molecule has 4 heteroatoms. The topological polar surface area (TPSA) is 58.8 Å². The Morgan fingerprint density at radius 1 is 1.05 bits per heavy atom. The molecule has 0 aliphatic carbocycles. The summed E-state index contributed by atoms with van der Waals surface area (Å²) in [6.45, 7) is 0. The maximum Gasteiger partial charge on any atom is 0.232 e. The minimum absolute atomic E-state index is 0.322. The van der Waals surface area contributed by atoms with Gasteiger partial charge in [0.15, 0.2) is 0 Å². The summed E-state index contributed by atoms with van der Waals surface area (Å²) in [5.74, 6) is 0.322. The van der Waals surface area contributed by atoms with Gasteiger partial charge in [-0.1, -0.05) is 36.4 Å². The van der Waals surface area contributed by atoms with Crippen LogP contribution >= 0.6 is 0 Å². The van der Waals surface area contributed by atoms with E-state index in [1.807, 2.05) is 48.5 Å². The number of nitrogens with zero attached hydrogens (tertiary/aromatic N) is 3. The molecule has 0 spiro atoms. The van der Waals surface area contributed by atoms with Crippen LogP contribution in [0.25, 0.3) is 22.4 Å². The van der Waals surface area contributed by atoms with Crippen LogP contribution in [0.4, 0.5) is 0 Å². The Kier molecular flexibility index (Phi) is 3.80. The Morgan fingerprint density at radius 3 is 2.45 bits per heavy atom. The highest BCUT2D eigenvalue weighted by atomic mass is 16.5. The van der Waals surface area contributed by atoms with Crippen molar-refractivity contribution >= 4 is 0 Å². The first kappa shape index (κ1) is 13.8. The molecule has 0 amide bonds. The normalized spacial score (nSPS) is 10.0. The van der Waals surface area contributed by atoms with Crippen LogP contribution in [-0.4, -0.2) is 17.1 Å². The Morgan fingerprint density at radius 2 is 1.82 bits per heavy atom. The van der Waals surface area contributed by atoms with Crippen LogP contribution in [0.1, 0.15) is 5.56 Å². The Labute approximate surface area is 128 Å². The van der Waals surface area contributed by atoms with Crippen LogP contribution < -0.4 is 4.74 Å². The van der Waals surface area contributed by atoms with Crippen LogP contribution in [0.15, 0.2) is 60.9 Å². The molecular weight excluding hydrogens is 274 g/mol. The molecular formula is C18H13N3O. The van der Waals surface area contributed by atoms with Crippen molar-refractivity contribution in [1.29, 1.82) is 5.26 Å². The van der Waals surface area contributed by atoms with Crippen molar-refractivity contribution in [1.82, 2.24) is 9.97 Å². The molecule has 3 aromatic rings. The average molecular weight is 287 g/mol. The highest BCUT2D eigenvalue weighted by molar-refractivity contribution is 5.77. The molecule has 0 atom stereocenters. The lowest BCUT2D eigenvalue weighted by Crippen LogP contribution is -1.97. The van der Waals surface area contributed by atoms with E-state index in [0.29, 0.717) is 11.4 Å². The molecule has 1 aromatic carbocycles. The summed E-state index contributed by atoms with van der Waals surface area (Å²) in [4.78, 5) is 8.58. The second kappa shape index (κ2) is 6.06. The quantitative estimate of drug-likeness (QED) is 0.737. The molecule has 0 saturated heterocycles. The minimum atomic E-state index is 0.322. The van der Waals surface area contributed by atoms with Crippen LogP contribution in [0.2, 0.25) is 0 Å². The predicted molar refractivity (Wildman–Crippen MR) is 84.2 cm³/mol. The molecule has 0 aliphatic rings. The van der Waals surface area contributed by atoms with E-state index >= 15 is 0 Å². The van der Waals surface area contributed by atoms with E-state index in [4.69, 9.17) is 4.74 Å². The number of pyridine rings is 2. The number of benzene rings is 1. The van der Waals surface area contributed by atoms with Gasteiger partial charge in [-0.25, -0.2) is 4.98 Å². The predicted octanol–water partition coefficient (Wildman–Crippen LogP) is 3.69. The third-order valence-electron chi connectivity index (χ3n) is 3.33. The van der Waals surface area contributed by atoms with Gasteiger partial charge in [-0.05, 0) is 12.1 Å². The standard InChI is InChI=1S/C18H13N3O/c1-22-18-16(11-19)15(14-8-5-9-20-12-14)10-17(21-18)13-6-3-2-4-7-13/h2-10,12H,1H3. The Balaban J connectivity index is 2.26. The van der Waals surface area contributed by atoms with Gasteiger partial charge in [0.05, 0.1) is 12.8 Å². The maximum absolute atomic E-state index is 9.46. The first-order chi connectivity index (χ1) is 10.8. The fourth-order valence-corrected chi connectivity index (χ4v) is 2.28. The fraction of sp³-hybridized carbons (Fsp3) is 0.0556. The van der Waals surface area contributed by atoms with E-state index < -0.39 is 0 Å². The highest BCUT2D eigenvalue weighted by Crippen LogP contribution is 2.32. The number of hydrogen-bond donors (Lipinski definition) is 0. The number of aromatic nitrogens is 2. The molecule has 0 radical (unpaired) electrons. The van der Waals surface area contributed by atoms with Crippen molar-refractivity contribution in [3.63, 3.8) is 0 Å². The lowest BCUT2D eigenvalue weighted by Gasteiger charge is -2.11. The number of methoxy groups -OCH3 is 1. The van der Waals surface area contributed by atoms with Gasteiger partial charge in [0.1, 0.15) is 11.6 Å². The van der Waals surface area contributed by atoms with E-state index in [0.717, 1.165) is 22.4 Å². The van der Waals surface area contributed by atoms with Crippen LogP contribution in [0.5, 0.6) is 5.88 Å². The molecule has 0 bridgehead atoms. The molecule has 4 nitrogen and oxygen atoms in total. The number of rotatable bonds is 3. The van der Waals surface area contributed by atoms with Crippen LogP contribution in [0.3, 0.4) is 0 Å². The molecule has 0 N–H and O–H groups in total. The lowest BCUT2D eigenvalue weighted by atomic mass is 10.00. The molecule has 22 heavy (non-hydrogen) atoms. The van der Waals surface area contributed by atoms with E-state index in [2.05, 4.69) is 16.0 Å². The second-order valence-electron chi connectivity index (χ2n) is 4.66. The Hall–Kier alpha value is -3.19. The third-order valence-corrected chi connectivity index (χ3v) is 3.33. The second-order valence-corrected chi connectivity index (χ2v) is 4.66. The summed E-state index contributed by atoms with van der Waals surface area (Å²) in [5, 5.41) is 9.46. The lowest BCUT2D eigenvalue weighted by molar-refractivity contribution is 0.397. The monoisotopic (exact) mass is 287 g/mol. The van der Waals surface area contributed by atoms with Crippen LogP contribution in [-0.2, 0) is 0 Å². The van der Waals surface area contributed by atoms with Gasteiger partial charge < -0.3 is 4.74 Å². The minimum Gasteiger partial charge on any atom is -0.480 e. The Bertz CT molecular complexity index is 824. The largest absolute Gasteiger partial charge is 0.480 e. The van der Waals surface area contributed by atoms with Gasteiger partial charge in [-0.15, -0.1) is 0 Å².